The Morgan fingerprint density at radius 2 is 2.27 bits per heavy atom. The Morgan fingerprint density at radius 1 is 1.50 bits per heavy atom. The molecule has 2 aromatic rings. The average molecular weight is 303 g/mol. The standard InChI is InChI=1S/C17H22FN3O/c1-10-13(14-5-4-12(18)8-16(14)21-10)6-7-20-17(22)9-15(19)11-2-3-11/h4-5,8,11,15,21H,2-3,6-7,9,19H2,1H3,(H,20,22). The van der Waals surface area contributed by atoms with Gasteiger partial charge in [0.05, 0.1) is 0 Å². The van der Waals surface area contributed by atoms with Crippen LogP contribution in [0.2, 0.25) is 0 Å². The van der Waals surface area contributed by atoms with Gasteiger partial charge in [-0.2, -0.15) is 0 Å². The highest BCUT2D eigenvalue weighted by atomic mass is 19.1. The quantitative estimate of drug-likeness (QED) is 0.767. The number of amides is 1. The highest BCUT2D eigenvalue weighted by Gasteiger charge is 2.29. The normalized spacial score (nSPS) is 16.0. The highest BCUT2D eigenvalue weighted by molar-refractivity contribution is 5.84. The minimum Gasteiger partial charge on any atom is -0.358 e. The van der Waals surface area contributed by atoms with Gasteiger partial charge in [0.15, 0.2) is 0 Å². The summed E-state index contributed by atoms with van der Waals surface area (Å²) < 4.78 is 13.2. The molecule has 0 bridgehead atoms. The molecular formula is C17H22FN3O. The van der Waals surface area contributed by atoms with Crippen LogP contribution in [0.3, 0.4) is 0 Å². The minimum atomic E-state index is -0.248. The number of rotatable bonds is 6. The number of hydrogen-bond acceptors (Lipinski definition) is 2. The van der Waals surface area contributed by atoms with E-state index in [-0.39, 0.29) is 17.8 Å². The van der Waals surface area contributed by atoms with E-state index in [9.17, 15) is 9.18 Å². The van der Waals surface area contributed by atoms with E-state index in [1.54, 1.807) is 6.07 Å². The maximum Gasteiger partial charge on any atom is 0.221 e. The second-order valence-electron chi connectivity index (χ2n) is 6.22. The van der Waals surface area contributed by atoms with Crippen molar-refractivity contribution in [1.29, 1.82) is 0 Å². The number of nitrogens with one attached hydrogen (secondary N) is 2. The first-order valence-electron chi connectivity index (χ1n) is 7.83. The van der Waals surface area contributed by atoms with Gasteiger partial charge in [-0.15, -0.1) is 0 Å². The third-order valence-corrected chi connectivity index (χ3v) is 4.43. The van der Waals surface area contributed by atoms with Gasteiger partial charge in [0.2, 0.25) is 5.91 Å². The fraction of sp³-hybridized carbons (Fsp3) is 0.471. The van der Waals surface area contributed by atoms with Gasteiger partial charge >= 0.3 is 0 Å². The zero-order valence-corrected chi connectivity index (χ0v) is 12.8. The Balaban J connectivity index is 1.57. The van der Waals surface area contributed by atoms with Crippen molar-refractivity contribution in [2.24, 2.45) is 11.7 Å². The number of aromatic amines is 1. The summed E-state index contributed by atoms with van der Waals surface area (Å²) in [7, 11) is 0. The number of halogens is 1. The molecule has 1 unspecified atom stereocenters. The van der Waals surface area contributed by atoms with E-state index in [2.05, 4.69) is 10.3 Å². The van der Waals surface area contributed by atoms with Crippen molar-refractivity contribution in [3.63, 3.8) is 0 Å². The minimum absolute atomic E-state index is 0.00204. The SMILES string of the molecule is Cc1[nH]c2cc(F)ccc2c1CCNC(=O)CC(N)C1CC1. The summed E-state index contributed by atoms with van der Waals surface area (Å²) in [5.74, 6) is 0.308. The van der Waals surface area contributed by atoms with E-state index in [0.29, 0.717) is 18.9 Å². The molecule has 1 aromatic carbocycles. The topological polar surface area (TPSA) is 70.9 Å². The van der Waals surface area contributed by atoms with E-state index in [0.717, 1.165) is 41.4 Å². The van der Waals surface area contributed by atoms with Gasteiger partial charge in [-0.05, 0) is 55.9 Å². The van der Waals surface area contributed by atoms with Crippen LogP contribution < -0.4 is 11.1 Å². The van der Waals surface area contributed by atoms with Crippen LogP contribution in [0.15, 0.2) is 18.2 Å². The zero-order chi connectivity index (χ0) is 15.7. The molecule has 22 heavy (non-hydrogen) atoms. The Morgan fingerprint density at radius 3 is 3.00 bits per heavy atom. The molecule has 0 spiro atoms. The fourth-order valence-corrected chi connectivity index (χ4v) is 2.99. The summed E-state index contributed by atoms with van der Waals surface area (Å²) in [6.45, 7) is 2.54. The average Bonchev–Trinajstić information content (AvgIpc) is 3.25. The smallest absolute Gasteiger partial charge is 0.221 e. The van der Waals surface area contributed by atoms with Gasteiger partial charge < -0.3 is 16.0 Å². The third-order valence-electron chi connectivity index (χ3n) is 4.43. The molecule has 0 saturated heterocycles. The molecule has 1 saturated carbocycles. The summed E-state index contributed by atoms with van der Waals surface area (Å²) in [6, 6.07) is 4.75. The van der Waals surface area contributed by atoms with Crippen LogP contribution in [0, 0.1) is 18.7 Å². The molecule has 1 aliphatic carbocycles. The number of H-pyrrole nitrogens is 1. The van der Waals surface area contributed by atoms with E-state index < -0.39 is 0 Å². The van der Waals surface area contributed by atoms with Crippen molar-refractivity contribution >= 4 is 16.8 Å². The Hall–Kier alpha value is -1.88. The van der Waals surface area contributed by atoms with Crippen LogP contribution >= 0.6 is 0 Å². The van der Waals surface area contributed by atoms with Crippen molar-refractivity contribution in [2.45, 2.75) is 38.6 Å². The predicted octanol–water partition coefficient (Wildman–Crippen LogP) is 2.40. The van der Waals surface area contributed by atoms with Crippen LogP contribution in [0.4, 0.5) is 4.39 Å². The van der Waals surface area contributed by atoms with E-state index in [1.807, 2.05) is 6.92 Å². The second-order valence-corrected chi connectivity index (χ2v) is 6.22. The molecule has 1 atom stereocenters. The summed E-state index contributed by atoms with van der Waals surface area (Å²) in [4.78, 5) is 15.0. The lowest BCUT2D eigenvalue weighted by atomic mass is 10.1. The van der Waals surface area contributed by atoms with Gasteiger partial charge in [0, 0.05) is 35.6 Å². The molecule has 1 amide bonds. The van der Waals surface area contributed by atoms with E-state index in [1.165, 1.54) is 12.1 Å². The lowest BCUT2D eigenvalue weighted by molar-refractivity contribution is -0.121. The number of aryl methyl sites for hydroxylation is 1. The largest absolute Gasteiger partial charge is 0.358 e. The lowest BCUT2D eigenvalue weighted by Crippen LogP contribution is -2.33. The molecule has 1 fully saturated rings. The number of carbonyl (C=O) groups is 1. The fourth-order valence-electron chi connectivity index (χ4n) is 2.99. The van der Waals surface area contributed by atoms with Crippen LogP contribution in [0.5, 0.6) is 0 Å². The molecule has 1 aromatic heterocycles. The Bertz CT molecular complexity index is 691. The first kappa shape index (κ1) is 15.0. The maximum absolute atomic E-state index is 13.2. The van der Waals surface area contributed by atoms with Gasteiger partial charge in [0.25, 0.3) is 0 Å². The summed E-state index contributed by atoms with van der Waals surface area (Å²) in [6.07, 6.45) is 3.43. The molecule has 1 aliphatic rings. The van der Waals surface area contributed by atoms with Gasteiger partial charge in [-0.25, -0.2) is 4.39 Å². The van der Waals surface area contributed by atoms with Crippen LogP contribution in [-0.4, -0.2) is 23.5 Å². The molecule has 1 heterocycles. The Kier molecular flexibility index (Phi) is 4.16. The Labute approximate surface area is 129 Å². The number of fused-ring (bicyclic) bond motifs is 1. The molecule has 118 valence electrons. The first-order valence-corrected chi connectivity index (χ1v) is 7.83. The lowest BCUT2D eigenvalue weighted by Gasteiger charge is -2.10. The molecule has 3 rings (SSSR count). The summed E-state index contributed by atoms with van der Waals surface area (Å²) in [5.41, 5.74) is 8.90. The van der Waals surface area contributed by atoms with Crippen molar-refractivity contribution in [3.05, 3.63) is 35.3 Å². The van der Waals surface area contributed by atoms with Crippen LogP contribution in [0.1, 0.15) is 30.5 Å². The molecule has 4 nitrogen and oxygen atoms in total. The van der Waals surface area contributed by atoms with Crippen molar-refractivity contribution in [2.75, 3.05) is 6.54 Å². The second kappa shape index (κ2) is 6.08. The first-order chi connectivity index (χ1) is 10.5. The molecular weight excluding hydrogens is 281 g/mol. The van der Waals surface area contributed by atoms with Crippen LogP contribution in [-0.2, 0) is 11.2 Å². The zero-order valence-electron chi connectivity index (χ0n) is 12.8. The van der Waals surface area contributed by atoms with Crippen molar-refractivity contribution in [3.8, 4) is 0 Å². The van der Waals surface area contributed by atoms with Crippen LogP contribution in [0.25, 0.3) is 10.9 Å². The summed E-state index contributed by atoms with van der Waals surface area (Å²) >= 11 is 0. The van der Waals surface area contributed by atoms with Gasteiger partial charge in [-0.3, -0.25) is 4.79 Å². The van der Waals surface area contributed by atoms with Crippen molar-refractivity contribution in [1.82, 2.24) is 10.3 Å². The van der Waals surface area contributed by atoms with Gasteiger partial charge in [-0.1, -0.05) is 0 Å². The number of benzene rings is 1. The monoisotopic (exact) mass is 303 g/mol. The predicted molar refractivity (Wildman–Crippen MR) is 85.0 cm³/mol. The highest BCUT2D eigenvalue weighted by Crippen LogP contribution is 2.32. The molecule has 5 heteroatoms. The van der Waals surface area contributed by atoms with Crippen molar-refractivity contribution < 1.29 is 9.18 Å². The number of aromatic nitrogens is 1. The summed E-state index contributed by atoms with van der Waals surface area (Å²) in [5, 5.41) is 3.95. The molecule has 4 N–H and O–H groups in total. The maximum atomic E-state index is 13.2. The number of hydrogen-bond donors (Lipinski definition) is 3. The number of nitrogens with two attached hydrogens (primary N) is 1. The van der Waals surface area contributed by atoms with Gasteiger partial charge in [0.1, 0.15) is 5.82 Å². The third kappa shape index (κ3) is 3.30. The molecule has 0 radical (unpaired) electrons. The number of carbonyl (C=O) groups excluding carboxylic acids is 1. The molecule has 0 aliphatic heterocycles. The van der Waals surface area contributed by atoms with E-state index >= 15 is 0 Å². The van der Waals surface area contributed by atoms with E-state index in [4.69, 9.17) is 5.73 Å².